The Morgan fingerprint density at radius 2 is 1.89 bits per heavy atom. The number of benzene rings is 2. The maximum Gasteiger partial charge on any atom is 0.319 e. The van der Waals surface area contributed by atoms with Crippen molar-refractivity contribution < 1.29 is 14.7 Å². The Balaban J connectivity index is 0.000000221. The largest absolute Gasteiger partial charge is 0.480 e. The second-order valence-corrected chi connectivity index (χ2v) is 7.41. The predicted molar refractivity (Wildman–Crippen MR) is 113 cm³/mol. The molecule has 0 radical (unpaired) electrons. The summed E-state index contributed by atoms with van der Waals surface area (Å²) in [5.74, 6) is -2.19. The Kier molecular flexibility index (Phi) is 7.11. The number of primary amides is 1. The molecule has 2 aromatic carbocycles. The molecule has 0 aliphatic heterocycles. The Morgan fingerprint density at radius 3 is 2.32 bits per heavy atom. The van der Waals surface area contributed by atoms with Gasteiger partial charge in [-0.1, -0.05) is 59.6 Å². The highest BCUT2D eigenvalue weighted by molar-refractivity contribution is 6.42. The molecule has 1 amide bonds. The van der Waals surface area contributed by atoms with E-state index in [-0.39, 0.29) is 12.0 Å². The number of amides is 1. The number of aliphatic carboxylic acids is 1. The molecule has 0 unspecified atom stereocenters. The molecule has 2 aromatic rings. The highest BCUT2D eigenvalue weighted by atomic mass is 35.5. The molecule has 28 heavy (non-hydrogen) atoms. The van der Waals surface area contributed by atoms with E-state index in [1.807, 2.05) is 30.3 Å². The molecule has 148 valence electrons. The van der Waals surface area contributed by atoms with Gasteiger partial charge in [-0.2, -0.15) is 0 Å². The lowest BCUT2D eigenvalue weighted by Gasteiger charge is -2.16. The number of carboxylic acid groups (broad SMARTS) is 1. The van der Waals surface area contributed by atoms with E-state index >= 15 is 0 Å². The van der Waals surface area contributed by atoms with Crippen LogP contribution in [0.3, 0.4) is 0 Å². The number of carboxylic acids is 1. The molecule has 1 saturated carbocycles. The first kappa shape index (κ1) is 21.8. The smallest absolute Gasteiger partial charge is 0.319 e. The van der Waals surface area contributed by atoms with Gasteiger partial charge in [-0.15, -0.1) is 6.58 Å². The topological polar surface area (TPSA) is 92.4 Å². The Morgan fingerprint density at radius 1 is 1.25 bits per heavy atom. The van der Waals surface area contributed by atoms with Crippen LogP contribution in [0.2, 0.25) is 10.0 Å². The SMILES string of the molecule is C=C[C@@H]1C[C@]1(C(N)=O)C(=O)O.C[C@H](Nc1ccc(Cl)c(Cl)c1)c1ccccc1. The molecule has 0 aromatic heterocycles. The summed E-state index contributed by atoms with van der Waals surface area (Å²) >= 11 is 11.8. The fourth-order valence-corrected chi connectivity index (χ4v) is 3.17. The van der Waals surface area contributed by atoms with Crippen molar-refractivity contribution in [2.75, 3.05) is 5.32 Å². The van der Waals surface area contributed by atoms with Gasteiger partial charge in [-0.25, -0.2) is 0 Å². The Labute approximate surface area is 174 Å². The number of halogens is 2. The number of anilines is 1. The second-order valence-electron chi connectivity index (χ2n) is 6.59. The van der Waals surface area contributed by atoms with E-state index in [0.29, 0.717) is 16.5 Å². The molecule has 0 saturated heterocycles. The summed E-state index contributed by atoms with van der Waals surface area (Å²) in [7, 11) is 0. The van der Waals surface area contributed by atoms with Gasteiger partial charge in [0, 0.05) is 17.6 Å². The molecule has 1 fully saturated rings. The maximum atomic E-state index is 10.7. The quantitative estimate of drug-likeness (QED) is 0.456. The molecular weight excluding hydrogens is 399 g/mol. The summed E-state index contributed by atoms with van der Waals surface area (Å²) in [5, 5.41) is 13.2. The summed E-state index contributed by atoms with van der Waals surface area (Å²) in [6.45, 7) is 5.52. The summed E-state index contributed by atoms with van der Waals surface area (Å²) < 4.78 is 0. The van der Waals surface area contributed by atoms with Crippen LogP contribution in [0, 0.1) is 11.3 Å². The van der Waals surface area contributed by atoms with E-state index in [0.717, 1.165) is 5.69 Å². The lowest BCUT2D eigenvalue weighted by Crippen LogP contribution is -2.33. The number of nitrogens with one attached hydrogen (secondary N) is 1. The van der Waals surface area contributed by atoms with Crippen LogP contribution in [0.1, 0.15) is 24.9 Å². The molecule has 0 spiro atoms. The average molecular weight is 421 g/mol. The van der Waals surface area contributed by atoms with Crippen LogP contribution in [-0.4, -0.2) is 17.0 Å². The molecule has 0 heterocycles. The predicted octanol–water partition coefficient (Wildman–Crippen LogP) is 4.92. The third-order valence-corrected chi connectivity index (χ3v) is 5.46. The maximum absolute atomic E-state index is 10.7. The Bertz CT molecular complexity index is 857. The van der Waals surface area contributed by atoms with Gasteiger partial charge < -0.3 is 16.2 Å². The summed E-state index contributed by atoms with van der Waals surface area (Å²) in [6, 6.07) is 16.0. The lowest BCUT2D eigenvalue weighted by atomic mass is 10.0. The molecule has 5 nitrogen and oxygen atoms in total. The van der Waals surface area contributed by atoms with Crippen LogP contribution in [0.15, 0.2) is 61.2 Å². The minimum absolute atomic E-state index is 0.230. The minimum Gasteiger partial charge on any atom is -0.480 e. The number of carbonyl (C=O) groups excluding carboxylic acids is 1. The Hall–Kier alpha value is -2.50. The number of rotatable bonds is 6. The lowest BCUT2D eigenvalue weighted by molar-refractivity contribution is -0.148. The van der Waals surface area contributed by atoms with Crippen molar-refractivity contribution in [3.05, 3.63) is 76.8 Å². The van der Waals surface area contributed by atoms with Gasteiger partial charge in [-0.05, 0) is 37.1 Å². The standard InChI is InChI=1S/C14H13Cl2N.C7H9NO3/c1-10(11-5-3-2-4-6-11)17-12-7-8-13(15)14(16)9-12;1-2-4-3-7(4,5(8)9)6(10)11/h2-10,17H,1H3;2,4H,1,3H2,(H2,8,9)(H,10,11)/t10-;4-,7+/m01/s1. The normalized spacial score (nSPS) is 20.9. The van der Waals surface area contributed by atoms with Crippen molar-refractivity contribution in [3.8, 4) is 0 Å². The number of hydrogen-bond donors (Lipinski definition) is 3. The molecule has 7 heteroatoms. The average Bonchev–Trinajstić information content (AvgIpc) is 3.42. The van der Waals surface area contributed by atoms with Crippen molar-refractivity contribution in [1.82, 2.24) is 0 Å². The van der Waals surface area contributed by atoms with E-state index in [4.69, 9.17) is 34.0 Å². The van der Waals surface area contributed by atoms with Crippen LogP contribution in [0.5, 0.6) is 0 Å². The van der Waals surface area contributed by atoms with Gasteiger partial charge in [0.2, 0.25) is 5.91 Å². The molecule has 3 atom stereocenters. The number of allylic oxidation sites excluding steroid dienone is 1. The molecule has 1 aliphatic rings. The molecule has 4 N–H and O–H groups in total. The van der Waals surface area contributed by atoms with Gasteiger partial charge in [0.15, 0.2) is 5.41 Å². The van der Waals surface area contributed by atoms with Crippen LogP contribution >= 0.6 is 23.2 Å². The first-order chi connectivity index (χ1) is 13.2. The first-order valence-corrected chi connectivity index (χ1v) is 9.40. The minimum atomic E-state index is -1.35. The van der Waals surface area contributed by atoms with Crippen molar-refractivity contribution in [2.45, 2.75) is 19.4 Å². The molecular formula is C21H22Cl2N2O3. The van der Waals surface area contributed by atoms with Gasteiger partial charge in [0.05, 0.1) is 10.0 Å². The van der Waals surface area contributed by atoms with Crippen molar-refractivity contribution in [2.24, 2.45) is 17.1 Å². The van der Waals surface area contributed by atoms with E-state index in [1.54, 1.807) is 6.07 Å². The third kappa shape index (κ3) is 4.86. The van der Waals surface area contributed by atoms with Crippen LogP contribution in [0.4, 0.5) is 5.69 Å². The van der Waals surface area contributed by atoms with Crippen molar-refractivity contribution in [1.29, 1.82) is 0 Å². The second kappa shape index (κ2) is 9.13. The van der Waals surface area contributed by atoms with E-state index in [9.17, 15) is 9.59 Å². The highest BCUT2D eigenvalue weighted by Gasteiger charge is 2.63. The van der Waals surface area contributed by atoms with Gasteiger partial charge in [0.25, 0.3) is 0 Å². The zero-order valence-electron chi connectivity index (χ0n) is 15.4. The van der Waals surface area contributed by atoms with E-state index in [2.05, 4.69) is 31.0 Å². The van der Waals surface area contributed by atoms with Gasteiger partial charge in [0.1, 0.15) is 0 Å². The molecule has 3 rings (SSSR count). The van der Waals surface area contributed by atoms with Crippen LogP contribution in [-0.2, 0) is 9.59 Å². The fraction of sp³-hybridized carbons (Fsp3) is 0.238. The van der Waals surface area contributed by atoms with Crippen LogP contribution < -0.4 is 11.1 Å². The summed E-state index contributed by atoms with van der Waals surface area (Å²) in [4.78, 5) is 21.2. The summed E-state index contributed by atoms with van der Waals surface area (Å²) in [6.07, 6.45) is 1.75. The summed E-state index contributed by atoms with van der Waals surface area (Å²) in [5.41, 5.74) is 5.79. The van der Waals surface area contributed by atoms with Gasteiger partial charge >= 0.3 is 5.97 Å². The van der Waals surface area contributed by atoms with Crippen molar-refractivity contribution in [3.63, 3.8) is 0 Å². The molecule has 0 bridgehead atoms. The van der Waals surface area contributed by atoms with Crippen LogP contribution in [0.25, 0.3) is 0 Å². The first-order valence-electron chi connectivity index (χ1n) is 8.64. The number of carbonyl (C=O) groups is 2. The van der Waals surface area contributed by atoms with Gasteiger partial charge in [-0.3, -0.25) is 9.59 Å². The highest BCUT2D eigenvalue weighted by Crippen LogP contribution is 2.53. The molecule has 1 aliphatic carbocycles. The zero-order valence-corrected chi connectivity index (χ0v) is 16.9. The van der Waals surface area contributed by atoms with E-state index in [1.165, 1.54) is 11.6 Å². The number of nitrogens with two attached hydrogens (primary N) is 1. The van der Waals surface area contributed by atoms with E-state index < -0.39 is 17.3 Å². The monoisotopic (exact) mass is 420 g/mol. The number of hydrogen-bond acceptors (Lipinski definition) is 3. The van der Waals surface area contributed by atoms with Crippen molar-refractivity contribution >= 4 is 40.8 Å². The fourth-order valence-electron chi connectivity index (χ4n) is 2.87. The zero-order chi connectivity index (χ0) is 20.9. The third-order valence-electron chi connectivity index (χ3n) is 4.72.